The van der Waals surface area contributed by atoms with Gasteiger partial charge < -0.3 is 19.9 Å². The Morgan fingerprint density at radius 1 is 1.10 bits per heavy atom. The third-order valence-electron chi connectivity index (χ3n) is 7.43. The Morgan fingerprint density at radius 2 is 1.73 bits per heavy atom. The molecule has 3 fully saturated rings. The second-order valence-corrected chi connectivity index (χ2v) is 9.31. The summed E-state index contributed by atoms with van der Waals surface area (Å²) >= 11 is 0. The Hall–Kier alpha value is -2.05. The second-order valence-electron chi connectivity index (χ2n) is 9.31. The van der Waals surface area contributed by atoms with E-state index in [0.717, 1.165) is 24.3 Å². The number of rotatable bonds is 7. The first-order valence-electron chi connectivity index (χ1n) is 11.5. The van der Waals surface area contributed by atoms with Crippen molar-refractivity contribution in [1.82, 2.24) is 15.1 Å². The van der Waals surface area contributed by atoms with Crippen LogP contribution in [0.15, 0.2) is 12.7 Å². The highest BCUT2D eigenvalue weighted by atomic mass is 16.6. The van der Waals surface area contributed by atoms with Gasteiger partial charge in [0.15, 0.2) is 0 Å². The third kappa shape index (κ3) is 5.76. The predicted molar refractivity (Wildman–Crippen MR) is 115 cm³/mol. The fourth-order valence-corrected chi connectivity index (χ4v) is 5.68. The number of nitrogens with one attached hydrogen (secondary N) is 1. The Labute approximate surface area is 180 Å². The summed E-state index contributed by atoms with van der Waals surface area (Å²) in [7, 11) is 0. The fourth-order valence-electron chi connectivity index (χ4n) is 5.68. The van der Waals surface area contributed by atoms with Crippen molar-refractivity contribution >= 4 is 17.9 Å². The van der Waals surface area contributed by atoms with E-state index in [1.807, 2.05) is 0 Å². The summed E-state index contributed by atoms with van der Waals surface area (Å²) in [5.41, 5.74) is 0.343. The van der Waals surface area contributed by atoms with E-state index in [-0.39, 0.29) is 24.5 Å². The largest absolute Gasteiger partial charge is 0.449 e. The quantitative estimate of drug-likeness (QED) is 0.644. The maximum atomic E-state index is 12.5. The molecular formula is C23H37N3O4. The van der Waals surface area contributed by atoms with Crippen LogP contribution >= 0.6 is 0 Å². The van der Waals surface area contributed by atoms with E-state index in [9.17, 15) is 14.4 Å². The van der Waals surface area contributed by atoms with Crippen LogP contribution in [0.2, 0.25) is 0 Å². The van der Waals surface area contributed by atoms with Gasteiger partial charge in [-0.05, 0) is 49.0 Å². The molecular weight excluding hydrogens is 382 g/mol. The number of amides is 3. The van der Waals surface area contributed by atoms with Gasteiger partial charge in [0.1, 0.15) is 0 Å². The topological polar surface area (TPSA) is 79.0 Å². The van der Waals surface area contributed by atoms with Gasteiger partial charge in [-0.1, -0.05) is 39.2 Å². The average Bonchev–Trinajstić information content (AvgIpc) is 2.77. The number of hydrogen-bond acceptors (Lipinski definition) is 4. The molecule has 168 valence electrons. The number of carbonyl (C=O) groups excluding carboxylic acids is 3. The Bertz CT molecular complexity index is 630. The first kappa shape index (κ1) is 22.6. The Balaban J connectivity index is 1.38. The van der Waals surface area contributed by atoms with Crippen LogP contribution in [0, 0.1) is 17.3 Å². The van der Waals surface area contributed by atoms with E-state index in [1.165, 1.54) is 44.9 Å². The second kappa shape index (κ2) is 10.3. The van der Waals surface area contributed by atoms with Gasteiger partial charge in [-0.15, -0.1) is 0 Å². The van der Waals surface area contributed by atoms with Gasteiger partial charge in [0, 0.05) is 26.2 Å². The zero-order valence-corrected chi connectivity index (χ0v) is 18.4. The maximum absolute atomic E-state index is 12.5. The Morgan fingerprint density at radius 3 is 2.33 bits per heavy atom. The molecule has 1 saturated heterocycles. The number of piperazine rings is 1. The normalized spacial score (nSPS) is 28.6. The molecule has 2 atom stereocenters. The molecule has 0 spiro atoms. The minimum atomic E-state index is -0.364. The smallest absolute Gasteiger partial charge is 0.409 e. The highest BCUT2D eigenvalue weighted by Gasteiger charge is 2.41. The monoisotopic (exact) mass is 419 g/mol. The van der Waals surface area contributed by atoms with E-state index in [4.69, 9.17) is 4.74 Å². The lowest BCUT2D eigenvalue weighted by Crippen LogP contribution is -2.52. The van der Waals surface area contributed by atoms with Crippen LogP contribution in [-0.4, -0.2) is 67.0 Å². The summed E-state index contributed by atoms with van der Waals surface area (Å²) in [6.45, 7) is 7.93. The maximum Gasteiger partial charge on any atom is 0.409 e. The molecule has 2 saturated carbocycles. The van der Waals surface area contributed by atoms with Gasteiger partial charge >= 0.3 is 6.09 Å². The molecule has 1 heterocycles. The number of ether oxygens (including phenoxy) is 1. The highest BCUT2D eigenvalue weighted by Crippen LogP contribution is 2.52. The molecule has 7 heteroatoms. The molecule has 0 aromatic heterocycles. The fraction of sp³-hybridized carbons (Fsp3) is 0.783. The van der Waals surface area contributed by atoms with E-state index in [2.05, 4.69) is 18.8 Å². The van der Waals surface area contributed by atoms with E-state index < -0.39 is 0 Å². The van der Waals surface area contributed by atoms with E-state index >= 15 is 0 Å². The van der Waals surface area contributed by atoms with Gasteiger partial charge in [0.05, 0.1) is 13.2 Å². The summed E-state index contributed by atoms with van der Waals surface area (Å²) in [6.07, 6.45) is 11.1. The molecule has 7 nitrogen and oxygen atoms in total. The molecule has 3 amide bonds. The molecule has 30 heavy (non-hydrogen) atoms. The van der Waals surface area contributed by atoms with Crippen molar-refractivity contribution < 1.29 is 19.1 Å². The highest BCUT2D eigenvalue weighted by molar-refractivity contribution is 5.90. The van der Waals surface area contributed by atoms with Crippen molar-refractivity contribution in [3.8, 4) is 0 Å². The van der Waals surface area contributed by atoms with Gasteiger partial charge in [0.25, 0.3) is 0 Å². The number of hydrogen-bond donors (Lipinski definition) is 1. The molecule has 0 aromatic carbocycles. The van der Waals surface area contributed by atoms with Crippen LogP contribution < -0.4 is 5.32 Å². The molecule has 2 unspecified atom stereocenters. The zero-order valence-electron chi connectivity index (χ0n) is 18.4. The summed E-state index contributed by atoms with van der Waals surface area (Å²) in [4.78, 5) is 39.2. The number of fused-ring (bicyclic) bond motifs is 2. The van der Waals surface area contributed by atoms with E-state index in [1.54, 1.807) is 9.80 Å². The lowest BCUT2D eigenvalue weighted by Gasteiger charge is -2.47. The van der Waals surface area contributed by atoms with Crippen LogP contribution in [0.1, 0.15) is 58.3 Å². The van der Waals surface area contributed by atoms with Crippen molar-refractivity contribution in [2.75, 3.05) is 39.3 Å². The van der Waals surface area contributed by atoms with Crippen LogP contribution in [0.25, 0.3) is 0 Å². The Kier molecular flexibility index (Phi) is 7.78. The molecule has 2 aliphatic carbocycles. The molecule has 3 aliphatic rings. The van der Waals surface area contributed by atoms with Crippen LogP contribution in [0.4, 0.5) is 4.79 Å². The van der Waals surface area contributed by atoms with Crippen molar-refractivity contribution in [3.63, 3.8) is 0 Å². The first-order valence-corrected chi connectivity index (χ1v) is 11.5. The van der Waals surface area contributed by atoms with Crippen LogP contribution in [0.5, 0.6) is 0 Å². The molecule has 3 rings (SSSR count). The molecule has 2 bridgehead atoms. The van der Waals surface area contributed by atoms with Gasteiger partial charge in [-0.2, -0.15) is 0 Å². The number of nitrogens with zero attached hydrogens (tertiary/aromatic N) is 2. The van der Waals surface area contributed by atoms with E-state index in [0.29, 0.717) is 38.2 Å². The molecule has 0 radical (unpaired) electrons. The van der Waals surface area contributed by atoms with Crippen LogP contribution in [-0.2, 0) is 14.3 Å². The third-order valence-corrected chi connectivity index (χ3v) is 7.43. The van der Waals surface area contributed by atoms with Crippen molar-refractivity contribution in [1.29, 1.82) is 0 Å². The summed E-state index contributed by atoms with van der Waals surface area (Å²) in [5, 5.41) is 2.49. The minimum absolute atomic E-state index is 0.0452. The summed E-state index contributed by atoms with van der Waals surface area (Å²) < 4.78 is 5.64. The van der Waals surface area contributed by atoms with Crippen molar-refractivity contribution in [3.05, 3.63) is 12.7 Å². The first-order chi connectivity index (χ1) is 14.4. The van der Waals surface area contributed by atoms with Gasteiger partial charge in [-0.25, -0.2) is 4.79 Å². The SMILES string of the molecule is C=CC(=O)NCC(=O)N1CCN(C(=O)OCCC2(CC)CC3CCCC(C3)C2)CC1. The lowest BCUT2D eigenvalue weighted by molar-refractivity contribution is -0.133. The summed E-state index contributed by atoms with van der Waals surface area (Å²) in [5.74, 6) is 1.23. The minimum Gasteiger partial charge on any atom is -0.449 e. The summed E-state index contributed by atoms with van der Waals surface area (Å²) in [6, 6.07) is 0. The zero-order chi connectivity index (χ0) is 21.6. The predicted octanol–water partition coefficient (Wildman–Crippen LogP) is 2.96. The standard InChI is InChI=1S/C23H37N3O4/c1-3-20(27)24-17-21(28)25-9-11-26(12-10-25)22(29)30-13-8-23(4-2)15-18-6-5-7-19(14-18)16-23/h3,18-19H,1,4-17H2,2H3,(H,24,27). The lowest BCUT2D eigenvalue weighted by atomic mass is 9.59. The average molecular weight is 420 g/mol. The molecule has 1 N–H and O–H groups in total. The van der Waals surface area contributed by atoms with Crippen molar-refractivity contribution in [2.45, 2.75) is 58.3 Å². The number of carbonyl (C=O) groups is 3. The molecule has 1 aliphatic heterocycles. The van der Waals surface area contributed by atoms with Gasteiger partial charge in [0.2, 0.25) is 11.8 Å². The van der Waals surface area contributed by atoms with Crippen LogP contribution in [0.3, 0.4) is 0 Å². The van der Waals surface area contributed by atoms with Gasteiger partial charge in [-0.3, -0.25) is 9.59 Å². The molecule has 0 aromatic rings. The van der Waals surface area contributed by atoms with Crippen molar-refractivity contribution in [2.24, 2.45) is 17.3 Å².